The first-order valence-electron chi connectivity index (χ1n) is 14.8. The van der Waals surface area contributed by atoms with E-state index >= 15 is 0 Å². The Hall–Kier alpha value is -4.07. The second kappa shape index (κ2) is 16.3. The predicted molar refractivity (Wildman–Crippen MR) is 168 cm³/mol. The van der Waals surface area contributed by atoms with Crippen molar-refractivity contribution in [2.24, 2.45) is 11.8 Å². The van der Waals surface area contributed by atoms with Gasteiger partial charge in [-0.05, 0) is 51.7 Å². The topological polar surface area (TPSA) is 167 Å². The highest BCUT2D eigenvalue weighted by atomic mass is 32.1. The normalized spacial score (nSPS) is 14.1. The second-order valence-electron chi connectivity index (χ2n) is 12.0. The molecule has 0 aliphatic heterocycles. The molecule has 2 aromatic rings. The summed E-state index contributed by atoms with van der Waals surface area (Å²) >= 11 is 1.10. The maximum absolute atomic E-state index is 13.9. The molecule has 2 amide bonds. The Balaban J connectivity index is 2.43. The van der Waals surface area contributed by atoms with E-state index in [2.05, 4.69) is 10.3 Å². The van der Waals surface area contributed by atoms with E-state index in [0.29, 0.717) is 11.4 Å². The van der Waals surface area contributed by atoms with Crippen LogP contribution in [0.2, 0.25) is 0 Å². The number of non-ortho nitro benzene ring substituents is 1. The van der Waals surface area contributed by atoms with Crippen LogP contribution in [0.3, 0.4) is 0 Å². The first-order chi connectivity index (χ1) is 21.0. The van der Waals surface area contributed by atoms with E-state index in [1.807, 2.05) is 27.7 Å². The number of nitrogens with zero attached hydrogens (tertiary/aromatic N) is 3. The Bertz CT molecular complexity index is 1340. The van der Waals surface area contributed by atoms with E-state index in [1.165, 1.54) is 34.5 Å². The van der Waals surface area contributed by atoms with Crippen LogP contribution in [0, 0.1) is 22.0 Å². The lowest BCUT2D eigenvalue weighted by atomic mass is 9.93. The monoisotopic (exact) mass is 648 g/mol. The van der Waals surface area contributed by atoms with Crippen LogP contribution in [0.1, 0.15) is 100 Å². The summed E-state index contributed by atoms with van der Waals surface area (Å²) in [6, 6.07) is 3.59. The zero-order chi connectivity index (χ0) is 34.1. The summed E-state index contributed by atoms with van der Waals surface area (Å²) < 4.78 is 16.4. The van der Waals surface area contributed by atoms with E-state index in [9.17, 15) is 29.3 Å². The van der Waals surface area contributed by atoms with Crippen LogP contribution < -0.4 is 5.32 Å². The molecule has 0 bridgehead atoms. The van der Waals surface area contributed by atoms with Gasteiger partial charge in [0.1, 0.15) is 16.7 Å². The molecule has 0 radical (unpaired) electrons. The maximum atomic E-state index is 13.9. The SMILES string of the molecule is CCOC(=O)c1csc([C@H](C[C@H](C(C)C)N(C)C(=O)[C@@H](NC(=O)OC(C)(C)C)[C@@H](C)CC)OC(=O)c2ccc([N+](=O)[O-])cc2)n1. The fourth-order valence-electron chi connectivity index (χ4n) is 4.45. The molecule has 1 aromatic heterocycles. The largest absolute Gasteiger partial charge is 0.461 e. The number of carbonyl (C=O) groups is 4. The molecule has 0 saturated heterocycles. The molecule has 2 rings (SSSR count). The molecule has 1 aromatic carbocycles. The van der Waals surface area contributed by atoms with E-state index in [-0.39, 0.29) is 47.7 Å². The minimum Gasteiger partial charge on any atom is -0.461 e. The molecule has 14 heteroatoms. The van der Waals surface area contributed by atoms with Gasteiger partial charge in [-0.3, -0.25) is 14.9 Å². The number of carbonyl (C=O) groups excluding carboxylic acids is 4. The predicted octanol–water partition coefficient (Wildman–Crippen LogP) is 5.94. The summed E-state index contributed by atoms with van der Waals surface area (Å²) in [6.45, 7) is 14.6. The fourth-order valence-corrected chi connectivity index (χ4v) is 5.28. The molecular weight excluding hydrogens is 604 g/mol. The number of nitrogens with one attached hydrogen (secondary N) is 1. The Labute approximate surface area is 267 Å². The van der Waals surface area contributed by atoms with E-state index in [4.69, 9.17) is 14.2 Å². The molecule has 0 unspecified atom stereocenters. The van der Waals surface area contributed by atoms with Gasteiger partial charge in [-0.1, -0.05) is 34.1 Å². The molecule has 0 aliphatic carbocycles. The number of aromatic nitrogens is 1. The number of nitro benzene ring substituents is 1. The highest BCUT2D eigenvalue weighted by molar-refractivity contribution is 7.09. The molecule has 0 fully saturated rings. The van der Waals surface area contributed by atoms with Crippen LogP contribution >= 0.6 is 11.3 Å². The van der Waals surface area contributed by atoms with Gasteiger partial charge in [-0.25, -0.2) is 19.4 Å². The molecule has 0 saturated carbocycles. The number of ether oxygens (including phenoxy) is 3. The van der Waals surface area contributed by atoms with Crippen molar-refractivity contribution in [1.29, 1.82) is 0 Å². The van der Waals surface area contributed by atoms with Crippen molar-refractivity contribution in [3.8, 4) is 0 Å². The number of esters is 2. The van der Waals surface area contributed by atoms with Crippen LogP contribution in [0.4, 0.5) is 10.5 Å². The van der Waals surface area contributed by atoms with Gasteiger partial charge in [0.05, 0.1) is 17.1 Å². The van der Waals surface area contributed by atoms with Gasteiger partial charge in [-0.2, -0.15) is 0 Å². The van der Waals surface area contributed by atoms with Crippen LogP contribution in [0.25, 0.3) is 0 Å². The van der Waals surface area contributed by atoms with Crippen molar-refractivity contribution >= 4 is 41.0 Å². The standard InChI is InChI=1S/C31H44N4O9S/c1-10-19(5)25(33-30(39)44-31(6,7)8)27(36)34(9)23(18(3)4)16-24(26-32-22(17-45-26)29(38)42-11-2)43-28(37)20-12-14-21(15-13-20)35(40)41/h12-15,17-19,23-25H,10-11,16H2,1-9H3,(H,33,39)/t19-,23+,24-,25-/m0/s1. The Kier molecular flexibility index (Phi) is 13.4. The average molecular weight is 649 g/mol. The number of likely N-dealkylation sites (N-methyl/N-ethyl adjacent to an activating group) is 1. The number of hydrogen-bond donors (Lipinski definition) is 1. The summed E-state index contributed by atoms with van der Waals surface area (Å²) in [6.07, 6.45) is -0.990. The van der Waals surface area contributed by atoms with Gasteiger partial charge in [0.15, 0.2) is 11.8 Å². The van der Waals surface area contributed by atoms with Gasteiger partial charge in [0.2, 0.25) is 5.91 Å². The quantitative estimate of drug-likeness (QED) is 0.112. The third-order valence-electron chi connectivity index (χ3n) is 7.07. The highest BCUT2D eigenvalue weighted by Crippen LogP contribution is 2.32. The van der Waals surface area contributed by atoms with Crippen molar-refractivity contribution in [3.63, 3.8) is 0 Å². The van der Waals surface area contributed by atoms with Crippen molar-refractivity contribution in [3.05, 3.63) is 56.0 Å². The lowest BCUT2D eigenvalue weighted by Gasteiger charge is -2.37. The Morgan fingerprint density at radius 1 is 1.07 bits per heavy atom. The maximum Gasteiger partial charge on any atom is 0.408 e. The number of nitro groups is 1. The average Bonchev–Trinajstić information content (AvgIpc) is 3.46. The lowest BCUT2D eigenvalue weighted by Crippen LogP contribution is -2.55. The molecule has 45 heavy (non-hydrogen) atoms. The third-order valence-corrected chi connectivity index (χ3v) is 8.00. The van der Waals surface area contributed by atoms with Gasteiger partial charge in [0, 0.05) is 37.0 Å². The molecule has 1 N–H and O–H groups in total. The molecular formula is C31H44N4O9S. The summed E-state index contributed by atoms with van der Waals surface area (Å²) in [5.41, 5.74) is -0.803. The number of hydrogen-bond acceptors (Lipinski definition) is 11. The zero-order valence-corrected chi connectivity index (χ0v) is 28.1. The Morgan fingerprint density at radius 3 is 2.20 bits per heavy atom. The smallest absolute Gasteiger partial charge is 0.408 e. The number of thiazole rings is 1. The van der Waals surface area contributed by atoms with Gasteiger partial charge in [-0.15, -0.1) is 11.3 Å². The van der Waals surface area contributed by atoms with Crippen LogP contribution in [-0.2, 0) is 19.0 Å². The van der Waals surface area contributed by atoms with Crippen LogP contribution in [-0.4, -0.2) is 70.1 Å². The Morgan fingerprint density at radius 2 is 1.69 bits per heavy atom. The van der Waals surface area contributed by atoms with Crippen molar-refractivity contribution in [2.75, 3.05) is 13.7 Å². The van der Waals surface area contributed by atoms with Crippen molar-refractivity contribution < 1.29 is 38.3 Å². The fraction of sp³-hybridized carbons (Fsp3) is 0.581. The summed E-state index contributed by atoms with van der Waals surface area (Å²) in [7, 11) is 1.63. The minimum absolute atomic E-state index is 0.0529. The number of rotatable bonds is 14. The van der Waals surface area contributed by atoms with Crippen molar-refractivity contribution in [2.45, 2.75) is 92.0 Å². The zero-order valence-electron chi connectivity index (χ0n) is 27.3. The minimum atomic E-state index is -0.996. The second-order valence-corrected chi connectivity index (χ2v) is 12.9. The van der Waals surface area contributed by atoms with Gasteiger partial charge in [0.25, 0.3) is 5.69 Å². The van der Waals surface area contributed by atoms with E-state index < -0.39 is 46.7 Å². The molecule has 248 valence electrons. The van der Waals surface area contributed by atoms with Crippen LogP contribution in [0.5, 0.6) is 0 Å². The summed E-state index contributed by atoms with van der Waals surface area (Å²) in [4.78, 5) is 68.6. The van der Waals surface area contributed by atoms with Gasteiger partial charge >= 0.3 is 18.0 Å². The molecule has 13 nitrogen and oxygen atoms in total. The van der Waals surface area contributed by atoms with E-state index in [0.717, 1.165) is 11.3 Å². The first kappa shape index (κ1) is 37.1. The lowest BCUT2D eigenvalue weighted by molar-refractivity contribution is -0.384. The summed E-state index contributed by atoms with van der Waals surface area (Å²) in [5.74, 6) is -2.09. The number of benzene rings is 1. The number of alkyl carbamates (subject to hydrolysis) is 1. The third kappa shape index (κ3) is 10.8. The van der Waals surface area contributed by atoms with Gasteiger partial charge < -0.3 is 24.4 Å². The van der Waals surface area contributed by atoms with Crippen molar-refractivity contribution in [1.82, 2.24) is 15.2 Å². The molecule has 0 aliphatic rings. The first-order valence-corrected chi connectivity index (χ1v) is 15.7. The summed E-state index contributed by atoms with van der Waals surface area (Å²) in [5, 5.41) is 15.6. The molecule has 4 atom stereocenters. The van der Waals surface area contributed by atoms with Crippen LogP contribution in [0.15, 0.2) is 29.6 Å². The number of amides is 2. The highest BCUT2D eigenvalue weighted by Gasteiger charge is 2.36. The molecule has 0 spiro atoms. The van der Waals surface area contributed by atoms with E-state index in [1.54, 1.807) is 34.7 Å². The molecule has 1 heterocycles.